The lowest BCUT2D eigenvalue weighted by molar-refractivity contribution is 0.547. The molecule has 144 valence electrons. The van der Waals surface area contributed by atoms with Gasteiger partial charge in [-0.05, 0) is 22.0 Å². The first-order valence-electron chi connectivity index (χ1n) is 8.64. The van der Waals surface area contributed by atoms with Gasteiger partial charge in [0.2, 0.25) is 0 Å². The maximum Gasteiger partial charge on any atom is -0.0200 e. The fourth-order valence-electron chi connectivity index (χ4n) is 1.82. The van der Waals surface area contributed by atoms with Gasteiger partial charge in [0.25, 0.3) is 0 Å². The lowest BCUT2D eigenvalue weighted by Crippen LogP contribution is -1.97. The van der Waals surface area contributed by atoms with E-state index in [2.05, 4.69) is 114 Å². The van der Waals surface area contributed by atoms with Crippen LogP contribution in [0.1, 0.15) is 52.7 Å². The zero-order valence-corrected chi connectivity index (χ0v) is 17.1. The molecule has 0 radical (unpaired) electrons. The summed E-state index contributed by atoms with van der Waals surface area (Å²) in [5.74, 6) is 0. The van der Waals surface area contributed by atoms with E-state index >= 15 is 0 Å². The van der Waals surface area contributed by atoms with E-state index in [0.29, 0.717) is 0 Å². The number of allylic oxidation sites excluding steroid dienone is 2. The number of rotatable bonds is 2. The van der Waals surface area contributed by atoms with Crippen LogP contribution in [0.5, 0.6) is 0 Å². The molecule has 0 heterocycles. The second-order valence-electron chi connectivity index (χ2n) is 8.22. The molecule has 0 aliphatic rings. The van der Waals surface area contributed by atoms with E-state index < -0.39 is 0 Å². The molecule has 0 aliphatic carbocycles. The third kappa shape index (κ3) is 14.2. The minimum atomic E-state index is 0. The fraction of sp³-hybridized carbons (Fsp3) is 0.333. The van der Waals surface area contributed by atoms with E-state index in [4.69, 9.17) is 0 Å². The van der Waals surface area contributed by atoms with Crippen LogP contribution in [0.3, 0.4) is 0 Å². The zero-order chi connectivity index (χ0) is 18.1. The largest absolute Gasteiger partial charge is 0.412 e. The summed E-state index contributed by atoms with van der Waals surface area (Å²) in [5.41, 5.74) is 3.09. The van der Waals surface area contributed by atoms with Gasteiger partial charge in [0.1, 0.15) is 0 Å². The topological polar surface area (TPSA) is 63.0 Å². The molecular formula is C24H36O2. The fourth-order valence-corrected chi connectivity index (χ4v) is 1.82. The van der Waals surface area contributed by atoms with Gasteiger partial charge in [-0.3, -0.25) is 0 Å². The van der Waals surface area contributed by atoms with Crippen molar-refractivity contribution in [3.05, 3.63) is 83.9 Å². The highest BCUT2D eigenvalue weighted by Gasteiger charge is 2.03. The van der Waals surface area contributed by atoms with Crippen LogP contribution in [0.15, 0.2) is 72.8 Å². The van der Waals surface area contributed by atoms with Crippen molar-refractivity contribution < 1.29 is 11.0 Å². The van der Waals surface area contributed by atoms with E-state index in [-0.39, 0.29) is 21.8 Å². The normalized spacial score (nSPS) is 11.3. The zero-order valence-electron chi connectivity index (χ0n) is 17.1. The van der Waals surface area contributed by atoms with Gasteiger partial charge in [-0.2, -0.15) is 0 Å². The highest BCUT2D eigenvalue weighted by Crippen LogP contribution is 2.17. The first-order chi connectivity index (χ1) is 11.2. The Balaban J connectivity index is 0. The summed E-state index contributed by atoms with van der Waals surface area (Å²) in [6.07, 6.45) is 8.78. The monoisotopic (exact) mass is 356 g/mol. The third-order valence-corrected chi connectivity index (χ3v) is 3.15. The Morgan fingerprint density at radius 3 is 1.00 bits per heavy atom. The maximum absolute atomic E-state index is 2.22. The standard InChI is InChI=1S/2C12H16.2H2O/c2*1-12(2,3)10-9-11-7-5-4-6-8-11;;/h2*4-10H,1-3H3;2*1H2. The Morgan fingerprint density at radius 2 is 0.769 bits per heavy atom. The van der Waals surface area contributed by atoms with Gasteiger partial charge in [0.05, 0.1) is 0 Å². The summed E-state index contributed by atoms with van der Waals surface area (Å²) >= 11 is 0. The molecule has 4 N–H and O–H groups in total. The lowest BCUT2D eigenvalue weighted by Gasteiger charge is -2.10. The smallest absolute Gasteiger partial charge is 0.0200 e. The maximum atomic E-state index is 2.22. The van der Waals surface area contributed by atoms with Gasteiger partial charge < -0.3 is 11.0 Å². The number of hydrogen-bond acceptors (Lipinski definition) is 0. The third-order valence-electron chi connectivity index (χ3n) is 3.15. The first-order valence-corrected chi connectivity index (χ1v) is 8.64. The molecule has 0 spiro atoms. The molecule has 0 amide bonds. The molecule has 0 fully saturated rings. The summed E-state index contributed by atoms with van der Waals surface area (Å²) in [4.78, 5) is 0. The van der Waals surface area contributed by atoms with Crippen LogP contribution in [0.4, 0.5) is 0 Å². The summed E-state index contributed by atoms with van der Waals surface area (Å²) < 4.78 is 0. The molecule has 0 bridgehead atoms. The summed E-state index contributed by atoms with van der Waals surface area (Å²) in [6, 6.07) is 20.8. The van der Waals surface area contributed by atoms with Crippen molar-refractivity contribution in [3.63, 3.8) is 0 Å². The molecule has 26 heavy (non-hydrogen) atoms. The second-order valence-corrected chi connectivity index (χ2v) is 8.22. The number of benzene rings is 2. The van der Waals surface area contributed by atoms with Crippen LogP contribution in [-0.4, -0.2) is 11.0 Å². The van der Waals surface area contributed by atoms with Gasteiger partial charge in [-0.15, -0.1) is 0 Å². The van der Waals surface area contributed by atoms with Gasteiger partial charge in [-0.1, -0.05) is 127 Å². The number of hydrogen-bond donors (Lipinski definition) is 0. The van der Waals surface area contributed by atoms with Crippen molar-refractivity contribution in [2.45, 2.75) is 41.5 Å². The SMILES string of the molecule is CC(C)(C)C=Cc1ccccc1.CC(C)(C)C=Cc1ccccc1.O.O. The van der Waals surface area contributed by atoms with Crippen molar-refractivity contribution in [2.24, 2.45) is 10.8 Å². The summed E-state index contributed by atoms with van der Waals surface area (Å²) in [6.45, 7) is 13.2. The van der Waals surface area contributed by atoms with E-state index in [1.807, 2.05) is 12.1 Å². The van der Waals surface area contributed by atoms with E-state index in [9.17, 15) is 0 Å². The van der Waals surface area contributed by atoms with E-state index in [1.54, 1.807) is 0 Å². The molecule has 0 atom stereocenters. The lowest BCUT2D eigenvalue weighted by atomic mass is 9.95. The van der Waals surface area contributed by atoms with Crippen LogP contribution >= 0.6 is 0 Å². The predicted molar refractivity (Wildman–Crippen MR) is 117 cm³/mol. The predicted octanol–water partition coefficient (Wildman–Crippen LogP) is 5.84. The average molecular weight is 357 g/mol. The molecule has 0 unspecified atom stereocenters. The van der Waals surface area contributed by atoms with Gasteiger partial charge in [-0.25, -0.2) is 0 Å². The molecule has 0 saturated heterocycles. The average Bonchev–Trinajstić information content (AvgIpc) is 2.52. The van der Waals surface area contributed by atoms with Crippen molar-refractivity contribution in [3.8, 4) is 0 Å². The highest BCUT2D eigenvalue weighted by atomic mass is 16.0. The molecule has 0 aliphatic heterocycles. The van der Waals surface area contributed by atoms with Crippen LogP contribution in [-0.2, 0) is 0 Å². The summed E-state index contributed by atoms with van der Waals surface area (Å²) in [5, 5.41) is 0. The second kappa shape index (κ2) is 12.2. The van der Waals surface area contributed by atoms with Gasteiger partial charge in [0, 0.05) is 0 Å². The molecule has 2 aromatic rings. The van der Waals surface area contributed by atoms with Crippen LogP contribution < -0.4 is 0 Å². The Kier molecular flexibility index (Phi) is 12.3. The van der Waals surface area contributed by atoms with Crippen molar-refractivity contribution in [2.75, 3.05) is 0 Å². The van der Waals surface area contributed by atoms with Gasteiger partial charge >= 0.3 is 0 Å². The Bertz CT molecular complexity index is 568. The molecule has 2 nitrogen and oxygen atoms in total. The minimum absolute atomic E-state index is 0. The Hall–Kier alpha value is -2.16. The quantitative estimate of drug-likeness (QED) is 0.648. The van der Waals surface area contributed by atoms with Crippen molar-refractivity contribution in [1.29, 1.82) is 0 Å². The molecule has 2 aromatic carbocycles. The van der Waals surface area contributed by atoms with E-state index in [1.165, 1.54) is 11.1 Å². The van der Waals surface area contributed by atoms with Gasteiger partial charge in [0.15, 0.2) is 0 Å². The molecular weight excluding hydrogens is 320 g/mol. The van der Waals surface area contributed by atoms with Crippen molar-refractivity contribution in [1.82, 2.24) is 0 Å². The molecule has 0 saturated carbocycles. The molecule has 0 aromatic heterocycles. The van der Waals surface area contributed by atoms with Crippen LogP contribution in [0.2, 0.25) is 0 Å². The first kappa shape index (κ1) is 26.1. The van der Waals surface area contributed by atoms with Crippen LogP contribution in [0, 0.1) is 10.8 Å². The van der Waals surface area contributed by atoms with E-state index in [0.717, 1.165) is 0 Å². The summed E-state index contributed by atoms with van der Waals surface area (Å²) in [7, 11) is 0. The highest BCUT2D eigenvalue weighted by molar-refractivity contribution is 5.50. The van der Waals surface area contributed by atoms with Crippen molar-refractivity contribution >= 4 is 12.2 Å². The van der Waals surface area contributed by atoms with Crippen LogP contribution in [0.25, 0.3) is 12.2 Å². The minimum Gasteiger partial charge on any atom is -0.412 e. The Labute approximate surface area is 159 Å². The molecule has 2 heteroatoms. The Morgan fingerprint density at radius 1 is 0.500 bits per heavy atom. The molecule has 2 rings (SSSR count).